The van der Waals surface area contributed by atoms with E-state index in [1.165, 1.54) is 0 Å². The maximum atomic E-state index is 12.1. The number of hydrogen-bond acceptors (Lipinski definition) is 3. The van der Waals surface area contributed by atoms with Crippen LogP contribution in [-0.4, -0.2) is 29.4 Å². The average Bonchev–Trinajstić information content (AvgIpc) is 2.51. The van der Waals surface area contributed by atoms with Crippen LogP contribution >= 0.6 is 0 Å². The first-order chi connectivity index (χ1) is 11.1. The number of amides is 2. The summed E-state index contributed by atoms with van der Waals surface area (Å²) in [7, 11) is 0. The highest BCUT2D eigenvalue weighted by Gasteiger charge is 2.27. The number of carboxylic acids is 1. The molecule has 0 fully saturated rings. The summed E-state index contributed by atoms with van der Waals surface area (Å²) in [5, 5.41) is 14.7. The Morgan fingerprint density at radius 2 is 1.71 bits per heavy atom. The van der Waals surface area contributed by atoms with Crippen LogP contribution in [0.4, 0.5) is 0 Å². The second-order valence-electron chi connectivity index (χ2n) is 6.84. The first-order valence-corrected chi connectivity index (χ1v) is 7.98. The summed E-state index contributed by atoms with van der Waals surface area (Å²) in [5.41, 5.74) is 0.223. The molecule has 6 heteroatoms. The van der Waals surface area contributed by atoms with Crippen LogP contribution in [0.1, 0.15) is 45.7 Å². The standard InChI is InChI=1S/C18H26N2O4/c1-12(16(22)23)15(13-8-6-5-7-9-13)20-14(21)10-11-19-17(24)18(2,3)4/h5-9,12,15H,10-11H2,1-4H3,(H,19,24)(H,20,21)(H,22,23). The molecule has 0 aliphatic heterocycles. The molecule has 0 aromatic heterocycles. The molecular weight excluding hydrogens is 308 g/mol. The van der Waals surface area contributed by atoms with Crippen molar-refractivity contribution < 1.29 is 19.5 Å². The maximum Gasteiger partial charge on any atom is 0.308 e. The molecule has 3 N–H and O–H groups in total. The minimum Gasteiger partial charge on any atom is -0.481 e. The van der Waals surface area contributed by atoms with E-state index in [-0.39, 0.29) is 24.8 Å². The molecule has 0 heterocycles. The summed E-state index contributed by atoms with van der Waals surface area (Å²) in [5.74, 6) is -2.18. The fourth-order valence-corrected chi connectivity index (χ4v) is 2.10. The van der Waals surface area contributed by atoms with Crippen LogP contribution in [0, 0.1) is 11.3 Å². The summed E-state index contributed by atoms with van der Waals surface area (Å²) in [6.07, 6.45) is 0.0947. The van der Waals surface area contributed by atoms with Gasteiger partial charge in [0.05, 0.1) is 12.0 Å². The molecule has 0 spiro atoms. The average molecular weight is 334 g/mol. The summed E-state index contributed by atoms with van der Waals surface area (Å²) in [6, 6.07) is 8.38. The number of nitrogens with one attached hydrogen (secondary N) is 2. The van der Waals surface area contributed by atoms with E-state index in [2.05, 4.69) is 10.6 Å². The number of benzene rings is 1. The van der Waals surface area contributed by atoms with Crippen LogP contribution in [-0.2, 0) is 14.4 Å². The quantitative estimate of drug-likeness (QED) is 0.712. The lowest BCUT2D eigenvalue weighted by Gasteiger charge is -2.23. The van der Waals surface area contributed by atoms with E-state index in [9.17, 15) is 19.5 Å². The van der Waals surface area contributed by atoms with E-state index in [0.717, 1.165) is 5.56 Å². The van der Waals surface area contributed by atoms with E-state index >= 15 is 0 Å². The van der Waals surface area contributed by atoms with Crippen molar-refractivity contribution in [1.29, 1.82) is 0 Å². The monoisotopic (exact) mass is 334 g/mol. The van der Waals surface area contributed by atoms with Gasteiger partial charge >= 0.3 is 5.97 Å². The van der Waals surface area contributed by atoms with E-state index in [1.807, 2.05) is 6.07 Å². The number of carbonyl (C=O) groups is 3. The molecule has 0 aliphatic rings. The van der Waals surface area contributed by atoms with Crippen molar-refractivity contribution in [2.75, 3.05) is 6.54 Å². The molecule has 24 heavy (non-hydrogen) atoms. The summed E-state index contributed by atoms with van der Waals surface area (Å²) >= 11 is 0. The fraction of sp³-hybridized carbons (Fsp3) is 0.500. The van der Waals surface area contributed by atoms with E-state index < -0.39 is 23.3 Å². The molecule has 6 nitrogen and oxygen atoms in total. The van der Waals surface area contributed by atoms with Crippen LogP contribution in [0.3, 0.4) is 0 Å². The van der Waals surface area contributed by atoms with Crippen molar-refractivity contribution in [3.63, 3.8) is 0 Å². The molecule has 0 aliphatic carbocycles. The lowest BCUT2D eigenvalue weighted by Crippen LogP contribution is -2.39. The van der Waals surface area contributed by atoms with Crippen LogP contribution in [0.2, 0.25) is 0 Å². The van der Waals surface area contributed by atoms with Gasteiger partial charge in [0, 0.05) is 18.4 Å². The normalized spacial score (nSPS) is 13.7. The Morgan fingerprint density at radius 3 is 2.21 bits per heavy atom. The molecule has 0 bridgehead atoms. The van der Waals surface area contributed by atoms with Gasteiger partial charge in [-0.05, 0) is 12.5 Å². The van der Waals surface area contributed by atoms with Crippen LogP contribution in [0.5, 0.6) is 0 Å². The molecule has 1 aromatic carbocycles. The Bertz CT molecular complexity index is 578. The topological polar surface area (TPSA) is 95.5 Å². The predicted molar refractivity (Wildman–Crippen MR) is 91.2 cm³/mol. The number of carboxylic acid groups (broad SMARTS) is 1. The lowest BCUT2D eigenvalue weighted by atomic mass is 9.94. The van der Waals surface area contributed by atoms with Crippen LogP contribution < -0.4 is 10.6 Å². The first kappa shape index (κ1) is 19.7. The number of aliphatic carboxylic acids is 1. The number of hydrogen-bond donors (Lipinski definition) is 3. The lowest BCUT2D eigenvalue weighted by molar-refractivity contribution is -0.142. The van der Waals surface area contributed by atoms with Gasteiger partial charge in [-0.15, -0.1) is 0 Å². The van der Waals surface area contributed by atoms with Crippen molar-refractivity contribution in [1.82, 2.24) is 10.6 Å². The Labute approximate surface area is 142 Å². The molecule has 0 saturated heterocycles. The molecule has 1 rings (SSSR count). The second-order valence-corrected chi connectivity index (χ2v) is 6.84. The number of rotatable bonds is 7. The highest BCUT2D eigenvalue weighted by Crippen LogP contribution is 2.22. The van der Waals surface area contributed by atoms with Crippen molar-refractivity contribution in [2.24, 2.45) is 11.3 Å². The summed E-state index contributed by atoms with van der Waals surface area (Å²) in [6.45, 7) is 7.15. The van der Waals surface area contributed by atoms with Gasteiger partial charge in [-0.25, -0.2) is 0 Å². The molecule has 1 aromatic rings. The molecule has 2 unspecified atom stereocenters. The Kier molecular flexibility index (Phi) is 6.95. The van der Waals surface area contributed by atoms with Crippen LogP contribution in [0.15, 0.2) is 30.3 Å². The zero-order valence-corrected chi connectivity index (χ0v) is 14.6. The Hall–Kier alpha value is -2.37. The van der Waals surface area contributed by atoms with E-state index in [1.54, 1.807) is 52.0 Å². The third-order valence-electron chi connectivity index (χ3n) is 3.68. The molecule has 0 radical (unpaired) electrons. The van der Waals surface area contributed by atoms with Gasteiger partial charge in [0.2, 0.25) is 11.8 Å². The highest BCUT2D eigenvalue weighted by atomic mass is 16.4. The zero-order valence-electron chi connectivity index (χ0n) is 14.6. The van der Waals surface area contributed by atoms with E-state index in [4.69, 9.17) is 0 Å². The largest absolute Gasteiger partial charge is 0.481 e. The number of carbonyl (C=O) groups excluding carboxylic acids is 2. The molecule has 2 atom stereocenters. The van der Waals surface area contributed by atoms with Gasteiger partial charge in [0.25, 0.3) is 0 Å². The minimum atomic E-state index is -0.981. The Balaban J connectivity index is 2.65. The van der Waals surface area contributed by atoms with Crippen molar-refractivity contribution in [3.8, 4) is 0 Å². The van der Waals surface area contributed by atoms with Gasteiger partial charge in [-0.3, -0.25) is 14.4 Å². The van der Waals surface area contributed by atoms with Gasteiger partial charge in [0.1, 0.15) is 0 Å². The first-order valence-electron chi connectivity index (χ1n) is 7.98. The molecular formula is C18H26N2O4. The zero-order chi connectivity index (χ0) is 18.3. The highest BCUT2D eigenvalue weighted by molar-refractivity contribution is 5.82. The third kappa shape index (κ3) is 6.02. The third-order valence-corrected chi connectivity index (χ3v) is 3.68. The fourth-order valence-electron chi connectivity index (χ4n) is 2.10. The van der Waals surface area contributed by atoms with Crippen molar-refractivity contribution >= 4 is 17.8 Å². The minimum absolute atomic E-state index is 0.0947. The van der Waals surface area contributed by atoms with Crippen molar-refractivity contribution in [3.05, 3.63) is 35.9 Å². The maximum absolute atomic E-state index is 12.1. The second kappa shape index (κ2) is 8.47. The van der Waals surface area contributed by atoms with Crippen LogP contribution in [0.25, 0.3) is 0 Å². The van der Waals surface area contributed by atoms with Gasteiger partial charge < -0.3 is 15.7 Å². The molecule has 0 saturated carbocycles. The summed E-state index contributed by atoms with van der Waals surface area (Å²) < 4.78 is 0. The van der Waals surface area contributed by atoms with Gasteiger partial charge in [0.15, 0.2) is 0 Å². The van der Waals surface area contributed by atoms with E-state index in [0.29, 0.717) is 0 Å². The Morgan fingerprint density at radius 1 is 1.12 bits per heavy atom. The summed E-state index contributed by atoms with van der Waals surface area (Å²) in [4.78, 5) is 35.2. The molecule has 2 amide bonds. The predicted octanol–water partition coefficient (Wildman–Crippen LogP) is 2.12. The molecule has 132 valence electrons. The smallest absolute Gasteiger partial charge is 0.308 e. The van der Waals surface area contributed by atoms with Gasteiger partial charge in [-0.1, -0.05) is 51.1 Å². The van der Waals surface area contributed by atoms with Gasteiger partial charge in [-0.2, -0.15) is 0 Å². The van der Waals surface area contributed by atoms with Crippen molar-refractivity contribution in [2.45, 2.75) is 40.2 Å². The SMILES string of the molecule is CC(C(=O)O)C(NC(=O)CCNC(=O)C(C)(C)C)c1ccccc1.